The fourth-order valence-corrected chi connectivity index (χ4v) is 3.52. The van der Waals surface area contributed by atoms with Crippen molar-refractivity contribution in [1.82, 2.24) is 5.32 Å². The molecule has 2 unspecified atom stereocenters. The van der Waals surface area contributed by atoms with E-state index >= 15 is 0 Å². The van der Waals surface area contributed by atoms with Crippen molar-refractivity contribution < 1.29 is 4.74 Å². The Morgan fingerprint density at radius 3 is 3.12 bits per heavy atom. The fourth-order valence-electron chi connectivity index (χ4n) is 2.29. The third kappa shape index (κ3) is 4.07. The lowest BCUT2D eigenvalue weighted by molar-refractivity contribution is 0.114. The normalized spacial score (nSPS) is 34.2. The summed E-state index contributed by atoms with van der Waals surface area (Å²) < 4.78 is 5.83. The van der Waals surface area contributed by atoms with Crippen molar-refractivity contribution >= 4 is 17.7 Å². The molecule has 5 heteroatoms. The topological polar surface area (TPSA) is 59.6 Å². The van der Waals surface area contributed by atoms with E-state index in [9.17, 15) is 0 Å². The number of guanidine groups is 1. The van der Waals surface area contributed by atoms with Gasteiger partial charge in [-0.1, -0.05) is 0 Å². The molecular formula is C12H23N3OS. The molecule has 2 fully saturated rings. The lowest BCUT2D eigenvalue weighted by atomic mass is 10.1. The van der Waals surface area contributed by atoms with E-state index < -0.39 is 0 Å². The molecule has 0 radical (unpaired) electrons. The van der Waals surface area contributed by atoms with Crippen molar-refractivity contribution in [2.75, 3.05) is 25.4 Å². The highest BCUT2D eigenvalue weighted by molar-refractivity contribution is 8.00. The molecule has 0 saturated carbocycles. The van der Waals surface area contributed by atoms with Crippen LogP contribution < -0.4 is 11.1 Å². The predicted octanol–water partition coefficient (Wildman–Crippen LogP) is 1.36. The van der Waals surface area contributed by atoms with Crippen molar-refractivity contribution in [3.05, 3.63) is 0 Å². The minimum Gasteiger partial charge on any atom is -0.376 e. The zero-order chi connectivity index (χ0) is 12.1. The second-order valence-electron chi connectivity index (χ2n) is 5.12. The molecule has 0 bridgehead atoms. The van der Waals surface area contributed by atoms with Gasteiger partial charge in [-0.25, -0.2) is 0 Å². The van der Waals surface area contributed by atoms with Crippen LogP contribution in [0, 0.1) is 0 Å². The van der Waals surface area contributed by atoms with E-state index in [4.69, 9.17) is 10.5 Å². The second kappa shape index (κ2) is 5.96. The number of nitrogens with one attached hydrogen (secondary N) is 1. The number of hydrogen-bond acceptors (Lipinski definition) is 3. The fraction of sp³-hybridized carbons (Fsp3) is 0.917. The van der Waals surface area contributed by atoms with Crippen LogP contribution in [-0.2, 0) is 4.74 Å². The first-order chi connectivity index (χ1) is 8.18. The van der Waals surface area contributed by atoms with Crippen LogP contribution in [0.2, 0.25) is 0 Å². The molecule has 2 saturated heterocycles. The number of thioether (sulfide) groups is 1. The largest absolute Gasteiger partial charge is 0.376 e. The van der Waals surface area contributed by atoms with E-state index in [1.165, 1.54) is 18.6 Å². The predicted molar refractivity (Wildman–Crippen MR) is 73.6 cm³/mol. The average molecular weight is 257 g/mol. The Hall–Kier alpha value is -0.420. The SMILES string of the molecule is CC1(CN=C(N)NCC2CCCO2)CCCS1. The molecular weight excluding hydrogens is 234 g/mol. The standard InChI is InChI=1S/C12H23N3OS/c1-12(5-3-7-17-12)9-15-11(13)14-8-10-4-2-6-16-10/h10H,2-9H2,1H3,(H3,13,14,15). The Balaban J connectivity index is 1.69. The summed E-state index contributed by atoms with van der Waals surface area (Å²) in [5, 5.41) is 3.16. The molecule has 0 aromatic rings. The number of rotatable bonds is 4. The maximum absolute atomic E-state index is 5.86. The first-order valence-corrected chi connectivity index (χ1v) is 7.46. The Morgan fingerprint density at radius 1 is 1.59 bits per heavy atom. The zero-order valence-corrected chi connectivity index (χ0v) is 11.4. The molecule has 2 aliphatic rings. The lowest BCUT2D eigenvalue weighted by Gasteiger charge is -2.20. The Labute approximate surface area is 108 Å². The van der Waals surface area contributed by atoms with Gasteiger partial charge >= 0.3 is 0 Å². The molecule has 3 N–H and O–H groups in total. The molecule has 2 atom stereocenters. The third-order valence-electron chi connectivity index (χ3n) is 3.42. The van der Waals surface area contributed by atoms with Crippen LogP contribution in [0.1, 0.15) is 32.6 Å². The van der Waals surface area contributed by atoms with Gasteiger partial charge in [-0.2, -0.15) is 11.8 Å². The van der Waals surface area contributed by atoms with Gasteiger partial charge in [0.05, 0.1) is 12.6 Å². The first kappa shape index (κ1) is 13.0. The van der Waals surface area contributed by atoms with Gasteiger partial charge in [0.25, 0.3) is 0 Å². The van der Waals surface area contributed by atoms with Gasteiger partial charge in [-0.3, -0.25) is 4.99 Å². The van der Waals surface area contributed by atoms with Crippen LogP contribution >= 0.6 is 11.8 Å². The third-order valence-corrected chi connectivity index (χ3v) is 4.94. The Morgan fingerprint density at radius 2 is 2.47 bits per heavy atom. The first-order valence-electron chi connectivity index (χ1n) is 6.47. The van der Waals surface area contributed by atoms with Crippen molar-refractivity contribution in [3.8, 4) is 0 Å². The molecule has 0 amide bonds. The monoisotopic (exact) mass is 257 g/mol. The van der Waals surface area contributed by atoms with Gasteiger partial charge in [0.2, 0.25) is 0 Å². The number of nitrogens with two attached hydrogens (primary N) is 1. The van der Waals surface area contributed by atoms with Gasteiger partial charge in [0.15, 0.2) is 5.96 Å². The van der Waals surface area contributed by atoms with Gasteiger partial charge in [0.1, 0.15) is 0 Å². The molecule has 2 aliphatic heterocycles. The maximum Gasteiger partial charge on any atom is 0.188 e. The molecule has 98 valence electrons. The average Bonchev–Trinajstić information content (AvgIpc) is 2.95. The summed E-state index contributed by atoms with van der Waals surface area (Å²) in [6.07, 6.45) is 5.17. The van der Waals surface area contributed by atoms with E-state index in [-0.39, 0.29) is 0 Å². The van der Waals surface area contributed by atoms with Crippen LogP contribution in [-0.4, -0.2) is 42.3 Å². The molecule has 17 heavy (non-hydrogen) atoms. The molecule has 2 heterocycles. The molecule has 2 rings (SSSR count). The van der Waals surface area contributed by atoms with E-state index in [0.717, 1.165) is 32.5 Å². The number of nitrogens with zero attached hydrogens (tertiary/aromatic N) is 1. The highest BCUT2D eigenvalue weighted by Crippen LogP contribution is 2.37. The van der Waals surface area contributed by atoms with Crippen molar-refractivity contribution in [3.63, 3.8) is 0 Å². The van der Waals surface area contributed by atoms with Crippen LogP contribution in [0.25, 0.3) is 0 Å². The smallest absolute Gasteiger partial charge is 0.188 e. The van der Waals surface area contributed by atoms with Gasteiger partial charge < -0.3 is 15.8 Å². The number of aliphatic imine (C=N–C) groups is 1. The van der Waals surface area contributed by atoms with Crippen LogP contribution in [0.5, 0.6) is 0 Å². The lowest BCUT2D eigenvalue weighted by Crippen LogP contribution is -2.38. The summed E-state index contributed by atoms with van der Waals surface area (Å²) in [6, 6.07) is 0. The molecule has 0 spiro atoms. The van der Waals surface area contributed by atoms with E-state index in [2.05, 4.69) is 17.2 Å². The van der Waals surface area contributed by atoms with Crippen molar-refractivity contribution in [2.45, 2.75) is 43.5 Å². The zero-order valence-electron chi connectivity index (χ0n) is 10.6. The highest BCUT2D eigenvalue weighted by atomic mass is 32.2. The quantitative estimate of drug-likeness (QED) is 0.590. The van der Waals surface area contributed by atoms with Crippen molar-refractivity contribution in [2.24, 2.45) is 10.7 Å². The molecule has 0 aliphatic carbocycles. The Kier molecular flexibility index (Phi) is 4.56. The number of ether oxygens (including phenoxy) is 1. The second-order valence-corrected chi connectivity index (χ2v) is 6.80. The minimum absolute atomic E-state index is 0.302. The molecule has 0 aromatic carbocycles. The highest BCUT2D eigenvalue weighted by Gasteiger charge is 2.29. The summed E-state index contributed by atoms with van der Waals surface area (Å²) in [4.78, 5) is 4.45. The van der Waals surface area contributed by atoms with Gasteiger partial charge in [0, 0.05) is 17.9 Å². The van der Waals surface area contributed by atoms with Gasteiger partial charge in [-0.15, -0.1) is 0 Å². The van der Waals surface area contributed by atoms with Gasteiger partial charge in [-0.05, 0) is 38.4 Å². The summed E-state index contributed by atoms with van der Waals surface area (Å²) in [7, 11) is 0. The molecule has 4 nitrogen and oxygen atoms in total. The molecule has 0 aromatic heterocycles. The van der Waals surface area contributed by atoms with E-state index in [1.54, 1.807) is 0 Å². The summed E-state index contributed by atoms with van der Waals surface area (Å²) in [5.41, 5.74) is 5.86. The van der Waals surface area contributed by atoms with E-state index in [1.807, 2.05) is 11.8 Å². The maximum atomic E-state index is 5.86. The van der Waals surface area contributed by atoms with Crippen LogP contribution in [0.15, 0.2) is 4.99 Å². The summed E-state index contributed by atoms with van der Waals surface area (Å²) in [5.74, 6) is 1.82. The van der Waals surface area contributed by atoms with Crippen LogP contribution in [0.3, 0.4) is 0 Å². The van der Waals surface area contributed by atoms with E-state index in [0.29, 0.717) is 16.8 Å². The number of hydrogen-bond donors (Lipinski definition) is 2. The Bertz CT molecular complexity index is 271. The van der Waals surface area contributed by atoms with Crippen LogP contribution in [0.4, 0.5) is 0 Å². The van der Waals surface area contributed by atoms with Crippen molar-refractivity contribution in [1.29, 1.82) is 0 Å². The summed E-state index contributed by atoms with van der Waals surface area (Å²) in [6.45, 7) is 4.78. The minimum atomic E-state index is 0.302. The summed E-state index contributed by atoms with van der Waals surface area (Å²) >= 11 is 2.01.